The first-order chi connectivity index (χ1) is 7.36. The van der Waals surface area contributed by atoms with Gasteiger partial charge in [-0.15, -0.1) is 0 Å². The summed E-state index contributed by atoms with van der Waals surface area (Å²) < 4.78 is 1.76. The molecule has 0 saturated heterocycles. The van der Waals surface area contributed by atoms with Gasteiger partial charge in [-0.3, -0.25) is 0 Å². The third kappa shape index (κ3) is 2.60. The van der Waals surface area contributed by atoms with Crippen LogP contribution in [0.5, 0.6) is 0 Å². The minimum Gasteiger partial charge on any atom is -0.369 e. The van der Waals surface area contributed by atoms with Gasteiger partial charge in [0, 0.05) is 14.1 Å². The Kier molecular flexibility index (Phi) is 3.33. The van der Waals surface area contributed by atoms with Crippen molar-refractivity contribution < 1.29 is 0 Å². The number of nitriles is 1. The molecular formula is C11H17N5. The third-order valence-electron chi connectivity index (χ3n) is 1.91. The fourth-order valence-corrected chi connectivity index (χ4v) is 1.21. The molecule has 0 unspecified atom stereocenters. The second-order valence-corrected chi connectivity index (χ2v) is 4.78. The monoisotopic (exact) mass is 219 g/mol. The smallest absolute Gasteiger partial charge is 0.170 e. The summed E-state index contributed by atoms with van der Waals surface area (Å²) >= 11 is 0. The molecule has 0 saturated carbocycles. The quantitative estimate of drug-likeness (QED) is 0.562. The molecule has 0 aliphatic rings. The summed E-state index contributed by atoms with van der Waals surface area (Å²) in [5.74, 6) is 0.601. The predicted molar refractivity (Wildman–Crippen MR) is 63.8 cm³/mol. The molecule has 0 fully saturated rings. The summed E-state index contributed by atoms with van der Waals surface area (Å²) in [5.41, 5.74) is 0.307. The van der Waals surface area contributed by atoms with Crippen LogP contribution in [0.15, 0.2) is 11.2 Å². The zero-order valence-corrected chi connectivity index (χ0v) is 10.4. The second-order valence-electron chi connectivity index (χ2n) is 4.78. The van der Waals surface area contributed by atoms with Crippen LogP contribution in [0.2, 0.25) is 0 Å². The van der Waals surface area contributed by atoms with E-state index in [1.165, 1.54) is 0 Å². The summed E-state index contributed by atoms with van der Waals surface area (Å²) in [4.78, 5) is 6.10. The molecule has 0 radical (unpaired) electrons. The van der Waals surface area contributed by atoms with Gasteiger partial charge < -0.3 is 4.90 Å². The SMILES string of the molecule is CN(C)/C=N\c1c(C#N)cnn1C(C)(C)C. The lowest BCUT2D eigenvalue weighted by molar-refractivity contribution is 0.359. The molecule has 0 amide bonds. The Morgan fingerprint density at radius 2 is 2.12 bits per heavy atom. The van der Waals surface area contributed by atoms with Gasteiger partial charge in [0.2, 0.25) is 0 Å². The van der Waals surface area contributed by atoms with Crippen molar-refractivity contribution in [1.29, 1.82) is 5.26 Å². The van der Waals surface area contributed by atoms with E-state index < -0.39 is 0 Å². The first-order valence-corrected chi connectivity index (χ1v) is 5.05. The molecular weight excluding hydrogens is 202 g/mol. The first-order valence-electron chi connectivity index (χ1n) is 5.05. The molecule has 0 aliphatic heterocycles. The molecule has 0 aliphatic carbocycles. The van der Waals surface area contributed by atoms with Gasteiger partial charge >= 0.3 is 0 Å². The Morgan fingerprint density at radius 3 is 2.56 bits per heavy atom. The van der Waals surface area contributed by atoms with E-state index in [1.54, 1.807) is 17.2 Å². The van der Waals surface area contributed by atoms with Gasteiger partial charge in [-0.1, -0.05) is 0 Å². The van der Waals surface area contributed by atoms with Gasteiger partial charge in [-0.2, -0.15) is 10.4 Å². The average Bonchev–Trinajstić information content (AvgIpc) is 2.56. The lowest BCUT2D eigenvalue weighted by Crippen LogP contribution is -2.23. The minimum atomic E-state index is -0.186. The second kappa shape index (κ2) is 4.35. The van der Waals surface area contributed by atoms with Crippen molar-refractivity contribution in [2.75, 3.05) is 14.1 Å². The zero-order chi connectivity index (χ0) is 12.3. The number of nitrogens with zero attached hydrogens (tertiary/aromatic N) is 5. The Hall–Kier alpha value is -1.83. The molecule has 5 heteroatoms. The lowest BCUT2D eigenvalue weighted by Gasteiger charge is -2.20. The number of rotatable bonds is 2. The van der Waals surface area contributed by atoms with E-state index >= 15 is 0 Å². The Labute approximate surface area is 96.0 Å². The highest BCUT2D eigenvalue weighted by atomic mass is 15.4. The molecule has 16 heavy (non-hydrogen) atoms. The Balaban J connectivity index is 3.23. The largest absolute Gasteiger partial charge is 0.369 e. The average molecular weight is 219 g/mol. The highest BCUT2D eigenvalue weighted by Crippen LogP contribution is 2.25. The van der Waals surface area contributed by atoms with Crippen LogP contribution in [-0.4, -0.2) is 35.1 Å². The topological polar surface area (TPSA) is 57.2 Å². The number of aliphatic imine (C=N–C) groups is 1. The molecule has 1 aromatic heterocycles. The Bertz CT molecular complexity index is 428. The fraction of sp³-hybridized carbons (Fsp3) is 0.545. The molecule has 1 aromatic rings. The molecule has 1 rings (SSSR count). The maximum atomic E-state index is 8.97. The summed E-state index contributed by atoms with van der Waals surface area (Å²) in [6.45, 7) is 6.07. The zero-order valence-electron chi connectivity index (χ0n) is 10.4. The molecule has 0 spiro atoms. The van der Waals surface area contributed by atoms with E-state index in [1.807, 2.05) is 39.8 Å². The summed E-state index contributed by atoms with van der Waals surface area (Å²) in [7, 11) is 3.76. The maximum absolute atomic E-state index is 8.97. The van der Waals surface area contributed by atoms with E-state index in [9.17, 15) is 0 Å². The van der Waals surface area contributed by atoms with Crippen molar-refractivity contribution >= 4 is 12.2 Å². The van der Waals surface area contributed by atoms with Crippen molar-refractivity contribution in [2.24, 2.45) is 4.99 Å². The van der Waals surface area contributed by atoms with E-state index in [0.717, 1.165) is 0 Å². The summed E-state index contributed by atoms with van der Waals surface area (Å²) in [5, 5.41) is 13.2. The van der Waals surface area contributed by atoms with E-state index in [4.69, 9.17) is 5.26 Å². The molecule has 0 N–H and O–H groups in total. The van der Waals surface area contributed by atoms with E-state index in [2.05, 4.69) is 16.2 Å². The van der Waals surface area contributed by atoms with Crippen molar-refractivity contribution in [3.63, 3.8) is 0 Å². The van der Waals surface area contributed by atoms with Crippen LogP contribution in [0.1, 0.15) is 26.3 Å². The van der Waals surface area contributed by atoms with Gasteiger partial charge in [0.1, 0.15) is 11.6 Å². The van der Waals surface area contributed by atoms with Crippen LogP contribution in [0.4, 0.5) is 5.82 Å². The normalized spacial score (nSPS) is 11.8. The highest BCUT2D eigenvalue weighted by Gasteiger charge is 2.20. The molecule has 1 heterocycles. The van der Waals surface area contributed by atoms with Crippen molar-refractivity contribution in [1.82, 2.24) is 14.7 Å². The van der Waals surface area contributed by atoms with Gasteiger partial charge in [0.05, 0.1) is 18.1 Å². The third-order valence-corrected chi connectivity index (χ3v) is 1.91. The van der Waals surface area contributed by atoms with Crippen molar-refractivity contribution in [2.45, 2.75) is 26.3 Å². The predicted octanol–water partition coefficient (Wildman–Crippen LogP) is 1.73. The van der Waals surface area contributed by atoms with Crippen LogP contribution in [0.3, 0.4) is 0 Å². The molecule has 0 bridgehead atoms. The number of hydrogen-bond donors (Lipinski definition) is 0. The minimum absolute atomic E-state index is 0.186. The van der Waals surface area contributed by atoms with Crippen LogP contribution >= 0.6 is 0 Å². The van der Waals surface area contributed by atoms with E-state index in [0.29, 0.717) is 11.4 Å². The van der Waals surface area contributed by atoms with E-state index in [-0.39, 0.29) is 5.54 Å². The Morgan fingerprint density at radius 1 is 1.50 bits per heavy atom. The molecule has 0 atom stereocenters. The molecule has 86 valence electrons. The van der Waals surface area contributed by atoms with Gasteiger partial charge in [-0.05, 0) is 20.8 Å². The summed E-state index contributed by atoms with van der Waals surface area (Å²) in [6, 6.07) is 2.10. The van der Waals surface area contributed by atoms with Crippen molar-refractivity contribution in [3.8, 4) is 6.07 Å². The maximum Gasteiger partial charge on any atom is 0.170 e. The van der Waals surface area contributed by atoms with Crippen LogP contribution in [0, 0.1) is 11.3 Å². The molecule has 5 nitrogen and oxygen atoms in total. The summed E-state index contributed by atoms with van der Waals surface area (Å²) in [6.07, 6.45) is 3.22. The number of hydrogen-bond acceptors (Lipinski definition) is 3. The number of aromatic nitrogens is 2. The first kappa shape index (κ1) is 12.2. The standard InChI is InChI=1S/C11H17N5/c1-11(2,3)16-10(13-8-15(4)5)9(6-12)7-14-16/h7-8H,1-5H3/b13-8-. The molecule has 0 aromatic carbocycles. The van der Waals surface area contributed by atoms with Crippen LogP contribution in [-0.2, 0) is 5.54 Å². The van der Waals surface area contributed by atoms with Crippen LogP contribution in [0.25, 0.3) is 0 Å². The van der Waals surface area contributed by atoms with Crippen molar-refractivity contribution in [3.05, 3.63) is 11.8 Å². The van der Waals surface area contributed by atoms with Gasteiger partial charge in [0.25, 0.3) is 0 Å². The lowest BCUT2D eigenvalue weighted by atomic mass is 10.1. The highest BCUT2D eigenvalue weighted by molar-refractivity contribution is 5.62. The van der Waals surface area contributed by atoms with Gasteiger partial charge in [-0.25, -0.2) is 9.67 Å². The fourth-order valence-electron chi connectivity index (χ4n) is 1.21. The van der Waals surface area contributed by atoms with Crippen LogP contribution < -0.4 is 0 Å². The van der Waals surface area contributed by atoms with Gasteiger partial charge in [0.15, 0.2) is 5.82 Å².